The van der Waals surface area contributed by atoms with E-state index in [4.69, 9.17) is 11.6 Å². The van der Waals surface area contributed by atoms with Crippen LogP contribution in [0.1, 0.15) is 6.42 Å². The maximum atomic E-state index is 5.96. The standard InChI is InChI=1S/C8H10ClN3/c9-7-2-5-12(6-7)8-10-3-1-4-11-8/h1,3-4,7H,2,5-6H2. The Morgan fingerprint density at radius 3 is 2.75 bits per heavy atom. The monoisotopic (exact) mass is 183 g/mol. The molecule has 1 aliphatic heterocycles. The van der Waals surface area contributed by atoms with Crippen LogP contribution in [-0.2, 0) is 0 Å². The third-order valence-corrected chi connectivity index (χ3v) is 2.32. The fourth-order valence-corrected chi connectivity index (χ4v) is 1.62. The summed E-state index contributed by atoms with van der Waals surface area (Å²) in [5, 5.41) is 0.258. The van der Waals surface area contributed by atoms with Crippen molar-refractivity contribution in [2.45, 2.75) is 11.8 Å². The molecule has 1 saturated heterocycles. The number of anilines is 1. The van der Waals surface area contributed by atoms with Gasteiger partial charge in [0.1, 0.15) is 0 Å². The largest absolute Gasteiger partial charge is 0.339 e. The third kappa shape index (κ3) is 1.50. The molecule has 0 amide bonds. The molecule has 0 N–H and O–H groups in total. The number of halogens is 1. The van der Waals surface area contributed by atoms with Gasteiger partial charge in [-0.2, -0.15) is 0 Å². The van der Waals surface area contributed by atoms with Crippen molar-refractivity contribution in [1.29, 1.82) is 0 Å². The molecule has 2 rings (SSSR count). The van der Waals surface area contributed by atoms with Gasteiger partial charge in [-0.25, -0.2) is 9.97 Å². The Labute approximate surface area is 76.4 Å². The van der Waals surface area contributed by atoms with Crippen LogP contribution < -0.4 is 4.90 Å². The molecule has 0 aliphatic carbocycles. The number of aromatic nitrogens is 2. The van der Waals surface area contributed by atoms with E-state index in [9.17, 15) is 0 Å². The van der Waals surface area contributed by atoms with Crippen molar-refractivity contribution in [3.8, 4) is 0 Å². The van der Waals surface area contributed by atoms with Gasteiger partial charge in [0.15, 0.2) is 0 Å². The van der Waals surface area contributed by atoms with Gasteiger partial charge in [0.2, 0.25) is 5.95 Å². The molecular weight excluding hydrogens is 174 g/mol. The lowest BCUT2D eigenvalue weighted by molar-refractivity contribution is 0.899. The molecule has 3 nitrogen and oxygen atoms in total. The van der Waals surface area contributed by atoms with Crippen molar-refractivity contribution in [2.75, 3.05) is 18.0 Å². The van der Waals surface area contributed by atoms with Gasteiger partial charge >= 0.3 is 0 Å². The van der Waals surface area contributed by atoms with E-state index in [1.807, 2.05) is 6.07 Å². The molecule has 4 heteroatoms. The van der Waals surface area contributed by atoms with Gasteiger partial charge < -0.3 is 4.90 Å². The molecule has 2 heterocycles. The third-order valence-electron chi connectivity index (χ3n) is 1.97. The summed E-state index contributed by atoms with van der Waals surface area (Å²) in [5.74, 6) is 0.792. The Bertz CT molecular complexity index is 252. The van der Waals surface area contributed by atoms with E-state index in [0.29, 0.717) is 0 Å². The summed E-state index contributed by atoms with van der Waals surface area (Å²) in [4.78, 5) is 10.4. The predicted octanol–water partition coefficient (Wildman–Crippen LogP) is 1.29. The van der Waals surface area contributed by atoms with Gasteiger partial charge in [0, 0.05) is 25.5 Å². The molecule has 0 saturated carbocycles. The molecule has 0 bridgehead atoms. The molecule has 1 atom stereocenters. The van der Waals surface area contributed by atoms with Crippen molar-refractivity contribution in [3.63, 3.8) is 0 Å². The lowest BCUT2D eigenvalue weighted by Crippen LogP contribution is -2.21. The number of nitrogens with zero attached hydrogens (tertiary/aromatic N) is 3. The zero-order chi connectivity index (χ0) is 8.39. The van der Waals surface area contributed by atoms with Crippen LogP contribution in [0.2, 0.25) is 0 Å². The Kier molecular flexibility index (Phi) is 2.13. The summed E-state index contributed by atoms with van der Waals surface area (Å²) >= 11 is 5.96. The Hall–Kier alpha value is -0.830. The predicted molar refractivity (Wildman–Crippen MR) is 48.5 cm³/mol. The lowest BCUT2D eigenvalue weighted by Gasteiger charge is -2.13. The zero-order valence-electron chi connectivity index (χ0n) is 6.65. The van der Waals surface area contributed by atoms with Crippen molar-refractivity contribution in [2.24, 2.45) is 0 Å². The highest BCUT2D eigenvalue weighted by Crippen LogP contribution is 2.18. The summed E-state index contributed by atoms with van der Waals surface area (Å²) < 4.78 is 0. The average molecular weight is 184 g/mol. The first-order chi connectivity index (χ1) is 5.86. The topological polar surface area (TPSA) is 29.0 Å². The fraction of sp³-hybridized carbons (Fsp3) is 0.500. The van der Waals surface area contributed by atoms with E-state index < -0.39 is 0 Å². The van der Waals surface area contributed by atoms with E-state index in [0.717, 1.165) is 25.5 Å². The molecule has 64 valence electrons. The summed E-state index contributed by atoms with van der Waals surface area (Å²) in [5.41, 5.74) is 0. The van der Waals surface area contributed by atoms with Crippen molar-refractivity contribution in [3.05, 3.63) is 18.5 Å². The molecule has 1 aromatic heterocycles. The van der Waals surface area contributed by atoms with E-state index >= 15 is 0 Å². The first kappa shape index (κ1) is 7.80. The van der Waals surface area contributed by atoms with Crippen LogP contribution in [0, 0.1) is 0 Å². The number of hydrogen-bond donors (Lipinski definition) is 0. The Morgan fingerprint density at radius 2 is 2.17 bits per heavy atom. The smallest absolute Gasteiger partial charge is 0.225 e. The van der Waals surface area contributed by atoms with Crippen LogP contribution in [0.5, 0.6) is 0 Å². The second-order valence-corrected chi connectivity index (χ2v) is 3.50. The number of alkyl halides is 1. The van der Waals surface area contributed by atoms with E-state index in [-0.39, 0.29) is 5.38 Å². The molecule has 1 aliphatic rings. The minimum absolute atomic E-state index is 0.258. The average Bonchev–Trinajstić information content (AvgIpc) is 2.54. The summed E-state index contributed by atoms with van der Waals surface area (Å²) in [6.07, 6.45) is 4.54. The summed E-state index contributed by atoms with van der Waals surface area (Å²) in [6, 6.07) is 1.82. The SMILES string of the molecule is ClC1CCN(c2ncccn2)C1. The highest BCUT2D eigenvalue weighted by atomic mass is 35.5. The normalized spacial score (nSPS) is 23.1. The first-order valence-electron chi connectivity index (χ1n) is 4.02. The molecule has 1 unspecified atom stereocenters. The molecule has 1 aromatic rings. The molecule has 0 radical (unpaired) electrons. The van der Waals surface area contributed by atoms with Gasteiger partial charge in [-0.1, -0.05) is 0 Å². The van der Waals surface area contributed by atoms with Gasteiger partial charge in [0.25, 0.3) is 0 Å². The van der Waals surface area contributed by atoms with Gasteiger partial charge in [-0.3, -0.25) is 0 Å². The maximum Gasteiger partial charge on any atom is 0.225 e. The quantitative estimate of drug-likeness (QED) is 0.615. The molecule has 0 aromatic carbocycles. The maximum absolute atomic E-state index is 5.96. The van der Waals surface area contributed by atoms with E-state index in [2.05, 4.69) is 14.9 Å². The Balaban J connectivity index is 2.11. The van der Waals surface area contributed by atoms with Gasteiger partial charge in [-0.05, 0) is 12.5 Å². The number of rotatable bonds is 1. The fourth-order valence-electron chi connectivity index (χ4n) is 1.35. The zero-order valence-corrected chi connectivity index (χ0v) is 7.41. The first-order valence-corrected chi connectivity index (χ1v) is 4.46. The molecular formula is C8H10ClN3. The van der Waals surface area contributed by atoms with E-state index in [1.54, 1.807) is 12.4 Å². The highest BCUT2D eigenvalue weighted by Gasteiger charge is 2.21. The molecule has 1 fully saturated rings. The van der Waals surface area contributed by atoms with Crippen LogP contribution in [0.15, 0.2) is 18.5 Å². The van der Waals surface area contributed by atoms with Gasteiger partial charge in [-0.15, -0.1) is 11.6 Å². The molecule has 0 spiro atoms. The van der Waals surface area contributed by atoms with Gasteiger partial charge in [0.05, 0.1) is 5.38 Å². The molecule has 12 heavy (non-hydrogen) atoms. The second kappa shape index (κ2) is 3.27. The van der Waals surface area contributed by atoms with Crippen LogP contribution >= 0.6 is 11.6 Å². The van der Waals surface area contributed by atoms with Crippen molar-refractivity contribution in [1.82, 2.24) is 9.97 Å². The van der Waals surface area contributed by atoms with Crippen LogP contribution in [-0.4, -0.2) is 28.4 Å². The minimum Gasteiger partial charge on any atom is -0.339 e. The Morgan fingerprint density at radius 1 is 1.42 bits per heavy atom. The van der Waals surface area contributed by atoms with E-state index in [1.165, 1.54) is 0 Å². The highest BCUT2D eigenvalue weighted by molar-refractivity contribution is 6.21. The minimum atomic E-state index is 0.258. The van der Waals surface area contributed by atoms with Crippen molar-refractivity contribution >= 4 is 17.5 Å². The number of hydrogen-bond acceptors (Lipinski definition) is 3. The van der Waals surface area contributed by atoms with Crippen LogP contribution in [0.25, 0.3) is 0 Å². The van der Waals surface area contributed by atoms with Crippen molar-refractivity contribution < 1.29 is 0 Å². The van der Waals surface area contributed by atoms with Crippen LogP contribution in [0.4, 0.5) is 5.95 Å². The summed E-state index contributed by atoms with van der Waals surface area (Å²) in [7, 11) is 0. The van der Waals surface area contributed by atoms with Crippen LogP contribution in [0.3, 0.4) is 0 Å². The lowest BCUT2D eigenvalue weighted by atomic mass is 10.4. The second-order valence-electron chi connectivity index (χ2n) is 2.88. The summed E-state index contributed by atoms with van der Waals surface area (Å²) in [6.45, 7) is 1.84.